The Morgan fingerprint density at radius 2 is 2.36 bits per heavy atom. The lowest BCUT2D eigenvalue weighted by atomic mass is 10.5. The van der Waals surface area contributed by atoms with Gasteiger partial charge in [-0.3, -0.25) is 0 Å². The number of aromatic nitrogens is 3. The molecule has 0 saturated carbocycles. The third-order valence-corrected chi connectivity index (χ3v) is 1.30. The van der Waals surface area contributed by atoms with Gasteiger partial charge in [0.15, 0.2) is 0 Å². The van der Waals surface area contributed by atoms with Gasteiger partial charge in [0.2, 0.25) is 5.95 Å². The minimum absolute atomic E-state index is 0.330. The average molecular weight is 156 g/mol. The number of nitrogens with zero attached hydrogens (tertiary/aromatic N) is 3. The molecule has 2 N–H and O–H groups in total. The summed E-state index contributed by atoms with van der Waals surface area (Å²) in [7, 11) is 1.52. The molecule has 0 aromatic carbocycles. The summed E-state index contributed by atoms with van der Waals surface area (Å²) in [5.74, 6) is 0.406. The highest BCUT2D eigenvalue weighted by Gasteiger charge is 2.04. The van der Waals surface area contributed by atoms with Crippen molar-refractivity contribution in [2.45, 2.75) is 19.9 Å². The number of hydrogen-bond acceptors (Lipinski definition) is 4. The number of aryl methyl sites for hydroxylation is 1. The molecule has 0 aliphatic carbocycles. The summed E-state index contributed by atoms with van der Waals surface area (Å²) in [6.07, 6.45) is 0.983. The monoisotopic (exact) mass is 156 g/mol. The zero-order valence-corrected chi connectivity index (χ0v) is 6.74. The lowest BCUT2D eigenvalue weighted by Crippen LogP contribution is -2.04. The summed E-state index contributed by atoms with van der Waals surface area (Å²) in [5.41, 5.74) is 5.51. The molecule has 1 aromatic heterocycles. The molecule has 0 atom stereocenters. The zero-order valence-electron chi connectivity index (χ0n) is 6.74. The van der Waals surface area contributed by atoms with Crippen molar-refractivity contribution in [2.75, 3.05) is 12.8 Å². The van der Waals surface area contributed by atoms with Crippen LogP contribution in [0.25, 0.3) is 0 Å². The van der Waals surface area contributed by atoms with Crippen molar-refractivity contribution in [1.82, 2.24) is 14.8 Å². The van der Waals surface area contributed by atoms with Crippen molar-refractivity contribution in [3.63, 3.8) is 0 Å². The molecule has 0 radical (unpaired) electrons. The Morgan fingerprint density at radius 3 is 2.82 bits per heavy atom. The summed E-state index contributed by atoms with van der Waals surface area (Å²) >= 11 is 0. The Kier molecular flexibility index (Phi) is 2.30. The lowest BCUT2D eigenvalue weighted by molar-refractivity contribution is 0.375. The van der Waals surface area contributed by atoms with Gasteiger partial charge >= 0.3 is 6.01 Å². The highest BCUT2D eigenvalue weighted by molar-refractivity contribution is 5.17. The molecular weight excluding hydrogens is 144 g/mol. The van der Waals surface area contributed by atoms with E-state index in [2.05, 4.69) is 10.1 Å². The minimum atomic E-state index is 0.330. The standard InChI is InChI=1S/C6H12N4O/c1-3-4-10-5(7)8-6(9-10)11-2/h3-4H2,1-2H3,(H2,7,8,9). The molecule has 0 aliphatic rings. The summed E-state index contributed by atoms with van der Waals surface area (Å²) in [4.78, 5) is 3.86. The highest BCUT2D eigenvalue weighted by Crippen LogP contribution is 2.06. The van der Waals surface area contributed by atoms with Crippen LogP contribution >= 0.6 is 0 Å². The Hall–Kier alpha value is -1.26. The number of anilines is 1. The number of rotatable bonds is 3. The zero-order chi connectivity index (χ0) is 8.27. The quantitative estimate of drug-likeness (QED) is 0.682. The molecule has 1 heterocycles. The van der Waals surface area contributed by atoms with E-state index >= 15 is 0 Å². The fraction of sp³-hybridized carbons (Fsp3) is 0.667. The van der Waals surface area contributed by atoms with Crippen molar-refractivity contribution in [1.29, 1.82) is 0 Å². The van der Waals surface area contributed by atoms with Gasteiger partial charge in [0.1, 0.15) is 0 Å². The van der Waals surface area contributed by atoms with Crippen molar-refractivity contribution in [2.24, 2.45) is 0 Å². The normalized spacial score (nSPS) is 10.0. The van der Waals surface area contributed by atoms with Gasteiger partial charge in [0.25, 0.3) is 0 Å². The second kappa shape index (κ2) is 3.23. The summed E-state index contributed by atoms with van der Waals surface area (Å²) in [6, 6.07) is 0.330. The van der Waals surface area contributed by atoms with Crippen LogP contribution in [0.5, 0.6) is 6.01 Å². The molecule has 1 aromatic rings. The fourth-order valence-electron chi connectivity index (χ4n) is 0.795. The van der Waals surface area contributed by atoms with Gasteiger partial charge in [-0.15, -0.1) is 5.10 Å². The van der Waals surface area contributed by atoms with Crippen LogP contribution in [-0.4, -0.2) is 21.9 Å². The van der Waals surface area contributed by atoms with Gasteiger partial charge in [0.05, 0.1) is 7.11 Å². The van der Waals surface area contributed by atoms with E-state index < -0.39 is 0 Å². The van der Waals surface area contributed by atoms with Gasteiger partial charge in [-0.2, -0.15) is 4.98 Å². The van der Waals surface area contributed by atoms with Crippen molar-refractivity contribution < 1.29 is 4.74 Å². The molecule has 62 valence electrons. The third kappa shape index (κ3) is 1.60. The van der Waals surface area contributed by atoms with Crippen LogP contribution in [0.2, 0.25) is 0 Å². The molecule has 0 fully saturated rings. The SMILES string of the molecule is CCCn1nc(OC)nc1N. The second-order valence-electron chi connectivity index (χ2n) is 2.18. The van der Waals surface area contributed by atoms with Crippen LogP contribution in [0.1, 0.15) is 13.3 Å². The third-order valence-electron chi connectivity index (χ3n) is 1.30. The van der Waals surface area contributed by atoms with Crippen LogP contribution in [-0.2, 0) is 6.54 Å². The van der Waals surface area contributed by atoms with Crippen LogP contribution in [0.4, 0.5) is 5.95 Å². The van der Waals surface area contributed by atoms with Crippen LogP contribution in [0.15, 0.2) is 0 Å². The molecule has 5 heteroatoms. The van der Waals surface area contributed by atoms with E-state index in [0.717, 1.165) is 13.0 Å². The Morgan fingerprint density at radius 1 is 1.64 bits per heavy atom. The first-order valence-electron chi connectivity index (χ1n) is 3.52. The largest absolute Gasteiger partial charge is 0.466 e. The fourth-order valence-corrected chi connectivity index (χ4v) is 0.795. The van der Waals surface area contributed by atoms with Crippen molar-refractivity contribution >= 4 is 5.95 Å². The maximum Gasteiger partial charge on any atom is 0.337 e. The minimum Gasteiger partial charge on any atom is -0.466 e. The molecule has 0 aliphatic heterocycles. The number of hydrogen-bond donors (Lipinski definition) is 1. The van der Waals surface area contributed by atoms with E-state index in [9.17, 15) is 0 Å². The summed E-state index contributed by atoms with van der Waals surface area (Å²) in [6.45, 7) is 2.83. The molecule has 11 heavy (non-hydrogen) atoms. The molecule has 0 amide bonds. The number of methoxy groups -OCH3 is 1. The van der Waals surface area contributed by atoms with E-state index in [1.54, 1.807) is 4.68 Å². The van der Waals surface area contributed by atoms with Crippen LogP contribution in [0.3, 0.4) is 0 Å². The predicted octanol–water partition coefficient (Wildman–Crippen LogP) is 0.279. The second-order valence-corrected chi connectivity index (χ2v) is 2.18. The van der Waals surface area contributed by atoms with Gasteiger partial charge in [-0.1, -0.05) is 6.92 Å². The molecule has 0 bridgehead atoms. The number of ether oxygens (including phenoxy) is 1. The predicted molar refractivity (Wildman–Crippen MR) is 41.3 cm³/mol. The smallest absolute Gasteiger partial charge is 0.337 e. The van der Waals surface area contributed by atoms with E-state index in [4.69, 9.17) is 10.5 Å². The number of nitrogens with two attached hydrogens (primary N) is 1. The van der Waals surface area contributed by atoms with Gasteiger partial charge in [-0.25, -0.2) is 4.68 Å². The van der Waals surface area contributed by atoms with E-state index in [0.29, 0.717) is 12.0 Å². The van der Waals surface area contributed by atoms with Crippen molar-refractivity contribution in [3.05, 3.63) is 0 Å². The van der Waals surface area contributed by atoms with Gasteiger partial charge < -0.3 is 10.5 Å². The molecular formula is C6H12N4O. The number of nitrogen functional groups attached to an aromatic ring is 1. The highest BCUT2D eigenvalue weighted by atomic mass is 16.5. The lowest BCUT2D eigenvalue weighted by Gasteiger charge is -1.96. The Bertz CT molecular complexity index is 232. The maximum atomic E-state index is 5.51. The Balaban J connectivity index is 2.79. The molecule has 1 rings (SSSR count). The molecule has 0 saturated heterocycles. The molecule has 0 unspecified atom stereocenters. The van der Waals surface area contributed by atoms with E-state index in [1.165, 1.54) is 7.11 Å². The van der Waals surface area contributed by atoms with E-state index in [1.807, 2.05) is 6.92 Å². The van der Waals surface area contributed by atoms with Crippen LogP contribution in [0, 0.1) is 0 Å². The first kappa shape index (κ1) is 7.84. The van der Waals surface area contributed by atoms with Crippen LogP contribution < -0.4 is 10.5 Å². The topological polar surface area (TPSA) is 66.0 Å². The molecule has 5 nitrogen and oxygen atoms in total. The Labute approximate surface area is 65.2 Å². The first-order chi connectivity index (χ1) is 5.27. The maximum absolute atomic E-state index is 5.51. The summed E-state index contributed by atoms with van der Waals surface area (Å²) in [5, 5.41) is 3.98. The first-order valence-corrected chi connectivity index (χ1v) is 3.52. The summed E-state index contributed by atoms with van der Waals surface area (Å²) < 4.78 is 6.42. The molecule has 0 spiro atoms. The van der Waals surface area contributed by atoms with E-state index in [-0.39, 0.29) is 0 Å². The van der Waals surface area contributed by atoms with Crippen molar-refractivity contribution in [3.8, 4) is 6.01 Å². The van der Waals surface area contributed by atoms with Gasteiger partial charge in [-0.05, 0) is 6.42 Å². The average Bonchev–Trinajstić information content (AvgIpc) is 2.33. The van der Waals surface area contributed by atoms with Gasteiger partial charge in [0, 0.05) is 6.54 Å².